The number of benzene rings is 2. The summed E-state index contributed by atoms with van der Waals surface area (Å²) in [6, 6.07) is 13.1. The first-order valence-corrected chi connectivity index (χ1v) is 11.9. The molecule has 0 radical (unpaired) electrons. The Kier molecular flexibility index (Phi) is 7.24. The van der Waals surface area contributed by atoms with Crippen molar-refractivity contribution in [2.24, 2.45) is 11.0 Å². The molecule has 4 rings (SSSR count). The normalized spacial score (nSPS) is 24.1. The minimum atomic E-state index is -1.07. The number of carbonyl (C=O) groups is 1. The van der Waals surface area contributed by atoms with Crippen molar-refractivity contribution >= 4 is 12.1 Å². The van der Waals surface area contributed by atoms with Crippen molar-refractivity contribution in [1.29, 1.82) is 0 Å². The second-order valence-corrected chi connectivity index (χ2v) is 9.51. The van der Waals surface area contributed by atoms with E-state index in [2.05, 4.69) is 30.2 Å². The molecule has 2 aliphatic rings. The molecule has 3 atom stereocenters. The van der Waals surface area contributed by atoms with E-state index in [0.717, 1.165) is 43.5 Å². The van der Waals surface area contributed by atoms with E-state index in [-0.39, 0.29) is 11.8 Å². The SMILES string of the molecule is COc1ccc2c(c1OC)[C@]1(CCN(C)C)CC(O)N(C(=O)c3ccccc3)N=CCC1CC2. The molecule has 1 N–H and O–H groups in total. The van der Waals surface area contributed by atoms with E-state index in [4.69, 9.17) is 9.47 Å². The van der Waals surface area contributed by atoms with E-state index in [1.54, 1.807) is 32.6 Å². The predicted molar refractivity (Wildman–Crippen MR) is 133 cm³/mol. The summed E-state index contributed by atoms with van der Waals surface area (Å²) in [5.41, 5.74) is 2.42. The van der Waals surface area contributed by atoms with E-state index in [0.29, 0.717) is 17.7 Å². The lowest BCUT2D eigenvalue weighted by molar-refractivity contribution is -0.0232. The number of methoxy groups -OCH3 is 2. The van der Waals surface area contributed by atoms with Gasteiger partial charge >= 0.3 is 0 Å². The van der Waals surface area contributed by atoms with Crippen LogP contribution in [0.4, 0.5) is 0 Å². The quantitative estimate of drug-likeness (QED) is 0.704. The van der Waals surface area contributed by atoms with Gasteiger partial charge < -0.3 is 19.5 Å². The van der Waals surface area contributed by atoms with Crippen LogP contribution < -0.4 is 9.47 Å². The van der Waals surface area contributed by atoms with Gasteiger partial charge in [-0.2, -0.15) is 5.10 Å². The molecule has 34 heavy (non-hydrogen) atoms. The van der Waals surface area contributed by atoms with Gasteiger partial charge in [-0.05, 0) is 76.0 Å². The monoisotopic (exact) mass is 465 g/mol. The third-order valence-electron chi connectivity index (χ3n) is 7.33. The van der Waals surface area contributed by atoms with Gasteiger partial charge in [0.1, 0.15) is 0 Å². The minimum absolute atomic E-state index is 0.258. The van der Waals surface area contributed by atoms with Gasteiger partial charge in [0.15, 0.2) is 17.7 Å². The van der Waals surface area contributed by atoms with Gasteiger partial charge in [-0.25, -0.2) is 5.01 Å². The van der Waals surface area contributed by atoms with Crippen molar-refractivity contribution in [1.82, 2.24) is 9.91 Å². The van der Waals surface area contributed by atoms with E-state index >= 15 is 0 Å². The van der Waals surface area contributed by atoms with Crippen LogP contribution in [0, 0.1) is 5.92 Å². The summed E-state index contributed by atoms with van der Waals surface area (Å²) in [7, 11) is 7.44. The molecule has 0 aromatic heterocycles. The Morgan fingerprint density at radius 2 is 1.94 bits per heavy atom. The van der Waals surface area contributed by atoms with Crippen LogP contribution in [0.3, 0.4) is 0 Å². The second-order valence-electron chi connectivity index (χ2n) is 9.51. The number of carbonyl (C=O) groups excluding carboxylic acids is 1. The first-order valence-electron chi connectivity index (χ1n) is 11.9. The largest absolute Gasteiger partial charge is 0.493 e. The number of aliphatic hydroxyl groups excluding tert-OH is 1. The molecule has 7 heteroatoms. The van der Waals surface area contributed by atoms with E-state index in [1.807, 2.05) is 24.3 Å². The van der Waals surface area contributed by atoms with Gasteiger partial charge in [0, 0.05) is 29.2 Å². The van der Waals surface area contributed by atoms with Gasteiger partial charge in [-0.3, -0.25) is 4.79 Å². The molecule has 2 unspecified atom stereocenters. The summed E-state index contributed by atoms with van der Waals surface area (Å²) in [5.74, 6) is 1.37. The zero-order valence-electron chi connectivity index (χ0n) is 20.5. The summed E-state index contributed by atoms with van der Waals surface area (Å²) in [6.07, 6.45) is 4.56. The smallest absolute Gasteiger partial charge is 0.276 e. The topological polar surface area (TPSA) is 74.6 Å². The molecule has 0 saturated carbocycles. The minimum Gasteiger partial charge on any atom is -0.493 e. The first kappa shape index (κ1) is 24.2. The Morgan fingerprint density at radius 1 is 1.18 bits per heavy atom. The van der Waals surface area contributed by atoms with Crippen LogP contribution in [0.5, 0.6) is 11.5 Å². The van der Waals surface area contributed by atoms with Crippen molar-refractivity contribution in [3.63, 3.8) is 0 Å². The molecule has 1 heterocycles. The van der Waals surface area contributed by atoms with Crippen LogP contribution >= 0.6 is 0 Å². The third-order valence-corrected chi connectivity index (χ3v) is 7.33. The highest BCUT2D eigenvalue weighted by molar-refractivity contribution is 5.94. The molecule has 0 fully saturated rings. The van der Waals surface area contributed by atoms with Crippen LogP contribution in [0.1, 0.15) is 47.2 Å². The molecule has 7 nitrogen and oxygen atoms in total. The highest BCUT2D eigenvalue weighted by atomic mass is 16.5. The van der Waals surface area contributed by atoms with Crippen LogP contribution in [-0.2, 0) is 11.8 Å². The summed E-state index contributed by atoms with van der Waals surface area (Å²) in [5, 5.41) is 17.2. The molecular weight excluding hydrogens is 430 g/mol. The summed E-state index contributed by atoms with van der Waals surface area (Å²) >= 11 is 0. The van der Waals surface area contributed by atoms with Gasteiger partial charge in [0.25, 0.3) is 5.91 Å². The number of hydrogen-bond acceptors (Lipinski definition) is 6. The molecule has 1 aliphatic heterocycles. The second kappa shape index (κ2) is 10.2. The number of aryl methyl sites for hydroxylation is 1. The molecule has 0 bridgehead atoms. The molecule has 1 amide bonds. The average molecular weight is 466 g/mol. The average Bonchev–Trinajstić information content (AvgIpc) is 2.84. The Labute approximate surface area is 202 Å². The van der Waals surface area contributed by atoms with Crippen molar-refractivity contribution in [3.8, 4) is 11.5 Å². The molecule has 1 aliphatic carbocycles. The summed E-state index contributed by atoms with van der Waals surface area (Å²) < 4.78 is 11.6. The van der Waals surface area contributed by atoms with Crippen molar-refractivity contribution in [3.05, 3.63) is 59.2 Å². The Hall–Kier alpha value is -2.90. The fourth-order valence-electron chi connectivity index (χ4n) is 5.65. The number of fused-ring (bicyclic) bond motifs is 3. The van der Waals surface area contributed by atoms with Gasteiger partial charge in [0.05, 0.1) is 14.2 Å². The summed E-state index contributed by atoms with van der Waals surface area (Å²) in [6.45, 7) is 0.840. The zero-order chi connectivity index (χ0) is 24.3. The third kappa shape index (κ3) is 4.42. The van der Waals surface area contributed by atoms with Crippen molar-refractivity contribution < 1.29 is 19.4 Å². The lowest BCUT2D eigenvalue weighted by atomic mass is 9.58. The number of aliphatic hydroxyl groups is 1. The van der Waals surface area contributed by atoms with Gasteiger partial charge in [-0.1, -0.05) is 24.3 Å². The maximum Gasteiger partial charge on any atom is 0.276 e. The Bertz CT molecular complexity index is 1040. The molecule has 0 spiro atoms. The Morgan fingerprint density at radius 3 is 2.62 bits per heavy atom. The fraction of sp³-hybridized carbons (Fsp3) is 0.481. The number of rotatable bonds is 6. The maximum absolute atomic E-state index is 13.3. The first-order chi connectivity index (χ1) is 16.4. The molecule has 0 saturated heterocycles. The summed E-state index contributed by atoms with van der Waals surface area (Å²) in [4.78, 5) is 15.4. The number of hydrogen-bond donors (Lipinski definition) is 1. The maximum atomic E-state index is 13.3. The Balaban J connectivity index is 1.83. The van der Waals surface area contributed by atoms with E-state index in [1.165, 1.54) is 10.6 Å². The molecular formula is C27H35N3O4. The standard InChI is InChI=1S/C27H35N3O4/c1-29(2)17-15-27-18-23(31)30(26(32)20-8-6-5-7-9-20)28-16-14-21(27)12-10-19-11-13-22(33-3)25(34-4)24(19)27/h5-9,11,13,16,21,23,31H,10,12,14-15,17-18H2,1-4H3/t21?,23?,27-/m1/s1. The predicted octanol–water partition coefficient (Wildman–Crippen LogP) is 3.70. The zero-order valence-corrected chi connectivity index (χ0v) is 20.5. The molecule has 2 aromatic rings. The lowest BCUT2D eigenvalue weighted by Gasteiger charge is -2.49. The fourth-order valence-corrected chi connectivity index (χ4v) is 5.65. The highest BCUT2D eigenvalue weighted by Crippen LogP contribution is 2.54. The van der Waals surface area contributed by atoms with Crippen LogP contribution in [0.25, 0.3) is 0 Å². The van der Waals surface area contributed by atoms with E-state index < -0.39 is 11.6 Å². The van der Waals surface area contributed by atoms with Crippen LogP contribution in [0.15, 0.2) is 47.6 Å². The van der Waals surface area contributed by atoms with Gasteiger partial charge in [0.2, 0.25) is 0 Å². The van der Waals surface area contributed by atoms with Crippen molar-refractivity contribution in [2.45, 2.75) is 43.7 Å². The van der Waals surface area contributed by atoms with Gasteiger partial charge in [-0.15, -0.1) is 0 Å². The van der Waals surface area contributed by atoms with E-state index in [9.17, 15) is 9.90 Å². The highest BCUT2D eigenvalue weighted by Gasteiger charge is 2.49. The number of ether oxygens (including phenoxy) is 2. The molecule has 2 aromatic carbocycles. The number of hydrazone groups is 1. The van der Waals surface area contributed by atoms with Crippen LogP contribution in [-0.4, -0.2) is 68.2 Å². The van der Waals surface area contributed by atoms with Crippen LogP contribution in [0.2, 0.25) is 0 Å². The number of nitrogens with zero attached hydrogens (tertiary/aromatic N) is 3. The van der Waals surface area contributed by atoms with Crippen molar-refractivity contribution in [2.75, 3.05) is 34.9 Å². The lowest BCUT2D eigenvalue weighted by Crippen LogP contribution is -2.49. The molecule has 182 valence electrons. The number of amides is 1.